The smallest absolute Gasteiger partial charge is 0.337 e. The van der Waals surface area contributed by atoms with Gasteiger partial charge in [0.1, 0.15) is 0 Å². The molecule has 2 aliphatic rings. The van der Waals surface area contributed by atoms with E-state index in [9.17, 15) is 9.90 Å². The minimum atomic E-state index is -1.05. The first-order valence-corrected chi connectivity index (χ1v) is 8.35. The van der Waals surface area contributed by atoms with Crippen molar-refractivity contribution >= 4 is 5.97 Å². The molecule has 2 rings (SSSR count). The van der Waals surface area contributed by atoms with E-state index >= 15 is 0 Å². The molecule has 0 spiro atoms. The summed E-state index contributed by atoms with van der Waals surface area (Å²) in [5.41, 5.74) is 0. The van der Waals surface area contributed by atoms with Crippen LogP contribution in [0.2, 0.25) is 0 Å². The van der Waals surface area contributed by atoms with Gasteiger partial charge in [-0.1, -0.05) is 41.0 Å². The lowest BCUT2D eigenvalue weighted by atomic mass is 9.75. The summed E-state index contributed by atoms with van der Waals surface area (Å²) in [5.74, 6) is 1.05. The predicted octanol–water partition coefficient (Wildman–Crippen LogP) is 2.98. The van der Waals surface area contributed by atoms with E-state index in [1.54, 1.807) is 0 Å². The van der Waals surface area contributed by atoms with Crippen molar-refractivity contribution in [1.29, 1.82) is 0 Å². The molecule has 1 saturated heterocycles. The second-order valence-electron chi connectivity index (χ2n) is 7.57. The molecule has 0 aromatic heterocycles. The molecule has 4 heteroatoms. The highest BCUT2D eigenvalue weighted by Crippen LogP contribution is 2.39. The molecule has 2 fully saturated rings. The molecule has 1 aliphatic heterocycles. The first-order chi connectivity index (χ1) is 9.81. The number of esters is 1. The Labute approximate surface area is 128 Å². The SMILES string of the molecule is CC1CCC(C(C)C)C(OC2OC(=O)C(O)C2C(C)C)C1. The zero-order valence-corrected chi connectivity index (χ0v) is 13.9. The Morgan fingerprint density at radius 2 is 1.86 bits per heavy atom. The van der Waals surface area contributed by atoms with E-state index in [1.165, 1.54) is 12.8 Å². The molecule has 0 amide bonds. The van der Waals surface area contributed by atoms with Crippen molar-refractivity contribution in [3.8, 4) is 0 Å². The molecule has 6 atom stereocenters. The molecule has 1 saturated carbocycles. The predicted molar refractivity (Wildman–Crippen MR) is 80.4 cm³/mol. The highest BCUT2D eigenvalue weighted by atomic mass is 16.7. The number of aliphatic hydroxyl groups is 1. The third kappa shape index (κ3) is 3.59. The van der Waals surface area contributed by atoms with Gasteiger partial charge in [-0.15, -0.1) is 0 Å². The number of ether oxygens (including phenoxy) is 2. The maximum absolute atomic E-state index is 11.7. The van der Waals surface area contributed by atoms with Crippen LogP contribution in [-0.2, 0) is 14.3 Å². The first kappa shape index (κ1) is 16.8. The summed E-state index contributed by atoms with van der Waals surface area (Å²) in [6, 6.07) is 0. The fourth-order valence-electron chi connectivity index (χ4n) is 3.81. The van der Waals surface area contributed by atoms with Gasteiger partial charge in [0.15, 0.2) is 6.10 Å². The van der Waals surface area contributed by atoms with Crippen LogP contribution >= 0.6 is 0 Å². The maximum atomic E-state index is 11.7. The van der Waals surface area contributed by atoms with Crippen LogP contribution in [-0.4, -0.2) is 29.6 Å². The van der Waals surface area contributed by atoms with Gasteiger partial charge in [-0.25, -0.2) is 4.79 Å². The Hall–Kier alpha value is -0.610. The van der Waals surface area contributed by atoms with Gasteiger partial charge in [-0.2, -0.15) is 0 Å². The number of carbonyl (C=O) groups is 1. The van der Waals surface area contributed by atoms with Gasteiger partial charge >= 0.3 is 5.97 Å². The summed E-state index contributed by atoms with van der Waals surface area (Å²) < 4.78 is 11.5. The summed E-state index contributed by atoms with van der Waals surface area (Å²) in [7, 11) is 0. The van der Waals surface area contributed by atoms with Gasteiger partial charge in [0.2, 0.25) is 6.29 Å². The Morgan fingerprint density at radius 1 is 1.19 bits per heavy atom. The highest BCUT2D eigenvalue weighted by molar-refractivity contribution is 5.77. The van der Waals surface area contributed by atoms with Crippen molar-refractivity contribution in [2.75, 3.05) is 0 Å². The molecule has 21 heavy (non-hydrogen) atoms. The minimum Gasteiger partial charge on any atom is -0.433 e. The van der Waals surface area contributed by atoms with Crippen LogP contribution in [0.15, 0.2) is 0 Å². The Bertz CT molecular complexity index is 366. The molecular formula is C17H30O4. The number of cyclic esters (lactones) is 1. The normalized spacial score (nSPS) is 40.9. The topological polar surface area (TPSA) is 55.8 Å². The number of aliphatic hydroxyl groups excluding tert-OH is 1. The molecule has 0 aromatic rings. The number of carbonyl (C=O) groups excluding carboxylic acids is 1. The van der Waals surface area contributed by atoms with Gasteiger partial charge in [0, 0.05) is 0 Å². The van der Waals surface area contributed by atoms with Crippen molar-refractivity contribution in [3.63, 3.8) is 0 Å². The summed E-state index contributed by atoms with van der Waals surface area (Å²) >= 11 is 0. The molecule has 1 aliphatic carbocycles. The van der Waals surface area contributed by atoms with Gasteiger partial charge in [-0.3, -0.25) is 0 Å². The van der Waals surface area contributed by atoms with E-state index in [0.29, 0.717) is 17.8 Å². The van der Waals surface area contributed by atoms with E-state index in [0.717, 1.165) is 6.42 Å². The van der Waals surface area contributed by atoms with Crippen molar-refractivity contribution in [2.45, 2.75) is 72.4 Å². The molecule has 0 aromatic carbocycles. The zero-order valence-electron chi connectivity index (χ0n) is 13.9. The van der Waals surface area contributed by atoms with Crippen molar-refractivity contribution < 1.29 is 19.4 Å². The highest BCUT2D eigenvalue weighted by Gasteiger charge is 2.48. The van der Waals surface area contributed by atoms with Crippen molar-refractivity contribution in [2.24, 2.45) is 29.6 Å². The summed E-state index contributed by atoms with van der Waals surface area (Å²) in [5, 5.41) is 10.0. The average Bonchev–Trinajstić information content (AvgIpc) is 2.64. The van der Waals surface area contributed by atoms with Crippen LogP contribution in [0, 0.1) is 29.6 Å². The van der Waals surface area contributed by atoms with Crippen LogP contribution in [0.3, 0.4) is 0 Å². The molecule has 122 valence electrons. The lowest BCUT2D eigenvalue weighted by Crippen LogP contribution is -2.40. The lowest BCUT2D eigenvalue weighted by Gasteiger charge is -2.39. The average molecular weight is 298 g/mol. The molecule has 1 N–H and O–H groups in total. The second-order valence-corrected chi connectivity index (χ2v) is 7.57. The standard InChI is InChI=1S/C17H30O4/c1-9(2)12-7-6-11(5)8-13(12)20-17-14(10(3)4)15(18)16(19)21-17/h9-15,17-18H,6-8H2,1-5H3. The van der Waals surface area contributed by atoms with E-state index in [1.807, 2.05) is 13.8 Å². The van der Waals surface area contributed by atoms with Crippen LogP contribution < -0.4 is 0 Å². The van der Waals surface area contributed by atoms with Crippen LogP contribution in [0.25, 0.3) is 0 Å². The van der Waals surface area contributed by atoms with Crippen LogP contribution in [0.1, 0.15) is 53.9 Å². The summed E-state index contributed by atoms with van der Waals surface area (Å²) in [6.45, 7) is 10.7. The second kappa shape index (κ2) is 6.66. The molecule has 4 nitrogen and oxygen atoms in total. The zero-order chi connectivity index (χ0) is 15.7. The molecule has 6 unspecified atom stereocenters. The fraction of sp³-hybridized carbons (Fsp3) is 0.941. The minimum absolute atomic E-state index is 0.123. The number of hydrogen-bond donors (Lipinski definition) is 1. The number of hydrogen-bond acceptors (Lipinski definition) is 4. The fourth-order valence-corrected chi connectivity index (χ4v) is 3.81. The van der Waals surface area contributed by atoms with Gasteiger partial charge < -0.3 is 14.6 Å². The Kier molecular flexibility index (Phi) is 5.31. The van der Waals surface area contributed by atoms with E-state index in [-0.39, 0.29) is 17.9 Å². The molecule has 0 radical (unpaired) electrons. The lowest BCUT2D eigenvalue weighted by molar-refractivity contribution is -0.199. The monoisotopic (exact) mass is 298 g/mol. The van der Waals surface area contributed by atoms with Crippen molar-refractivity contribution in [1.82, 2.24) is 0 Å². The quantitative estimate of drug-likeness (QED) is 0.811. The molecule has 0 bridgehead atoms. The maximum Gasteiger partial charge on any atom is 0.337 e. The van der Waals surface area contributed by atoms with Gasteiger partial charge in [0.05, 0.1) is 12.0 Å². The Morgan fingerprint density at radius 3 is 2.43 bits per heavy atom. The van der Waals surface area contributed by atoms with Crippen molar-refractivity contribution in [3.05, 3.63) is 0 Å². The molecule has 1 heterocycles. The van der Waals surface area contributed by atoms with Gasteiger partial charge in [-0.05, 0) is 36.5 Å². The molecular weight excluding hydrogens is 268 g/mol. The van der Waals surface area contributed by atoms with E-state index in [2.05, 4.69) is 20.8 Å². The summed E-state index contributed by atoms with van der Waals surface area (Å²) in [4.78, 5) is 11.7. The summed E-state index contributed by atoms with van der Waals surface area (Å²) in [6.07, 6.45) is 1.90. The van der Waals surface area contributed by atoms with Crippen LogP contribution in [0.5, 0.6) is 0 Å². The van der Waals surface area contributed by atoms with Crippen LogP contribution in [0.4, 0.5) is 0 Å². The third-order valence-corrected chi connectivity index (χ3v) is 5.19. The largest absolute Gasteiger partial charge is 0.433 e. The first-order valence-electron chi connectivity index (χ1n) is 8.35. The van der Waals surface area contributed by atoms with E-state index < -0.39 is 18.4 Å². The third-order valence-electron chi connectivity index (χ3n) is 5.19. The Balaban J connectivity index is 2.08. The van der Waals surface area contributed by atoms with E-state index in [4.69, 9.17) is 9.47 Å². The number of rotatable bonds is 4. The van der Waals surface area contributed by atoms with Gasteiger partial charge in [0.25, 0.3) is 0 Å².